The van der Waals surface area contributed by atoms with Crippen molar-refractivity contribution < 1.29 is 0 Å². The van der Waals surface area contributed by atoms with Gasteiger partial charge in [-0.25, -0.2) is 0 Å². The van der Waals surface area contributed by atoms with Gasteiger partial charge < -0.3 is 10.2 Å². The van der Waals surface area contributed by atoms with Crippen LogP contribution in [0.5, 0.6) is 0 Å². The average molecular weight is 331 g/mol. The molecule has 0 aromatic heterocycles. The zero-order valence-corrected chi connectivity index (χ0v) is 14.4. The third-order valence-corrected chi connectivity index (χ3v) is 4.58. The van der Waals surface area contributed by atoms with Crippen molar-refractivity contribution in [1.29, 1.82) is 0 Å². The van der Waals surface area contributed by atoms with Crippen molar-refractivity contribution in [2.24, 2.45) is 5.92 Å². The Labute approximate surface area is 141 Å². The second kappa shape index (κ2) is 9.55. The number of hydrogen-bond donors (Lipinski definition) is 1. The number of hydrogen-bond acceptors (Lipinski definition) is 2. The van der Waals surface area contributed by atoms with Crippen LogP contribution < -0.4 is 10.2 Å². The molecule has 2 aliphatic heterocycles. The molecule has 2 fully saturated rings. The van der Waals surface area contributed by atoms with Crippen molar-refractivity contribution in [1.82, 2.24) is 5.32 Å². The summed E-state index contributed by atoms with van der Waals surface area (Å²) in [6, 6.07) is 9.35. The Morgan fingerprint density at radius 2 is 1.67 bits per heavy atom. The molecular weight excluding hydrogens is 303 g/mol. The van der Waals surface area contributed by atoms with E-state index >= 15 is 0 Å². The molecule has 1 unspecified atom stereocenters. The SMILES string of the molecule is Cl.Cl.c1cc(N2CCCCC2)ccc1CC1CCCNC1. The number of rotatable bonds is 3. The smallest absolute Gasteiger partial charge is 0.0366 e. The van der Waals surface area contributed by atoms with Crippen molar-refractivity contribution in [3.05, 3.63) is 29.8 Å². The molecule has 0 aliphatic carbocycles. The first kappa shape index (κ1) is 18.6. The first-order valence-corrected chi connectivity index (χ1v) is 7.96. The molecule has 0 bridgehead atoms. The van der Waals surface area contributed by atoms with E-state index < -0.39 is 0 Å². The number of piperidine rings is 2. The highest BCUT2D eigenvalue weighted by Gasteiger charge is 2.14. The fourth-order valence-electron chi connectivity index (χ4n) is 3.43. The highest BCUT2D eigenvalue weighted by Crippen LogP contribution is 2.22. The molecule has 4 heteroatoms. The maximum absolute atomic E-state index is 3.51. The molecule has 2 aliphatic rings. The molecule has 1 aromatic carbocycles. The van der Waals surface area contributed by atoms with E-state index in [1.807, 2.05) is 0 Å². The summed E-state index contributed by atoms with van der Waals surface area (Å²) in [4.78, 5) is 2.54. The van der Waals surface area contributed by atoms with Gasteiger partial charge in [-0.1, -0.05) is 12.1 Å². The summed E-state index contributed by atoms with van der Waals surface area (Å²) in [6.45, 7) is 4.90. The lowest BCUT2D eigenvalue weighted by Gasteiger charge is -2.29. The van der Waals surface area contributed by atoms with E-state index in [0.717, 1.165) is 5.92 Å². The molecule has 0 radical (unpaired) electrons. The lowest BCUT2D eigenvalue weighted by atomic mass is 9.92. The zero-order valence-electron chi connectivity index (χ0n) is 12.7. The van der Waals surface area contributed by atoms with Crippen LogP contribution in [-0.4, -0.2) is 26.2 Å². The summed E-state index contributed by atoms with van der Waals surface area (Å²) in [5.74, 6) is 0.842. The van der Waals surface area contributed by atoms with Crippen molar-refractivity contribution in [2.75, 3.05) is 31.1 Å². The number of halogens is 2. The van der Waals surface area contributed by atoms with E-state index in [2.05, 4.69) is 34.5 Å². The molecule has 0 amide bonds. The Hall–Kier alpha value is -0.440. The number of nitrogens with one attached hydrogen (secondary N) is 1. The highest BCUT2D eigenvalue weighted by molar-refractivity contribution is 5.85. The lowest BCUT2D eigenvalue weighted by molar-refractivity contribution is 0.376. The normalized spacial score (nSPS) is 22.1. The number of anilines is 1. The Kier molecular flexibility index (Phi) is 8.46. The summed E-state index contributed by atoms with van der Waals surface area (Å²) in [5.41, 5.74) is 2.93. The van der Waals surface area contributed by atoms with Crippen LogP contribution in [0.4, 0.5) is 5.69 Å². The van der Waals surface area contributed by atoms with Crippen molar-refractivity contribution in [3.8, 4) is 0 Å². The molecule has 0 saturated carbocycles. The van der Waals surface area contributed by atoms with Crippen LogP contribution in [-0.2, 0) is 6.42 Å². The Balaban J connectivity index is 0.00000110. The Bertz CT molecular complexity index is 382. The lowest BCUT2D eigenvalue weighted by Crippen LogP contribution is -2.31. The van der Waals surface area contributed by atoms with Crippen LogP contribution in [0.15, 0.2) is 24.3 Å². The maximum Gasteiger partial charge on any atom is 0.0366 e. The highest BCUT2D eigenvalue weighted by atomic mass is 35.5. The van der Waals surface area contributed by atoms with E-state index in [1.165, 1.54) is 76.0 Å². The first-order valence-electron chi connectivity index (χ1n) is 7.96. The molecule has 1 atom stereocenters. The third-order valence-electron chi connectivity index (χ3n) is 4.58. The Morgan fingerprint density at radius 1 is 0.952 bits per heavy atom. The second-order valence-corrected chi connectivity index (χ2v) is 6.13. The molecule has 0 spiro atoms. The average Bonchev–Trinajstić information content (AvgIpc) is 2.50. The minimum Gasteiger partial charge on any atom is -0.372 e. The van der Waals surface area contributed by atoms with Crippen LogP contribution in [0, 0.1) is 5.92 Å². The van der Waals surface area contributed by atoms with Gasteiger partial charge in [0.2, 0.25) is 0 Å². The van der Waals surface area contributed by atoms with Gasteiger partial charge in [0, 0.05) is 18.8 Å². The Morgan fingerprint density at radius 3 is 2.29 bits per heavy atom. The predicted octanol–water partition coefficient (Wildman–Crippen LogP) is 4.06. The van der Waals surface area contributed by atoms with Crippen LogP contribution >= 0.6 is 24.8 Å². The summed E-state index contributed by atoms with van der Waals surface area (Å²) in [5, 5.41) is 3.51. The van der Waals surface area contributed by atoms with E-state index in [9.17, 15) is 0 Å². The van der Waals surface area contributed by atoms with Gasteiger partial charge in [-0.05, 0) is 75.2 Å². The molecule has 3 rings (SSSR count). The van der Waals surface area contributed by atoms with E-state index in [0.29, 0.717) is 0 Å². The van der Waals surface area contributed by atoms with Gasteiger partial charge in [-0.15, -0.1) is 24.8 Å². The monoisotopic (exact) mass is 330 g/mol. The molecule has 2 nitrogen and oxygen atoms in total. The zero-order chi connectivity index (χ0) is 12.9. The van der Waals surface area contributed by atoms with Gasteiger partial charge in [0.1, 0.15) is 0 Å². The van der Waals surface area contributed by atoms with Gasteiger partial charge in [-0.3, -0.25) is 0 Å². The largest absolute Gasteiger partial charge is 0.372 e. The first-order chi connectivity index (χ1) is 9.42. The molecule has 120 valence electrons. The minimum atomic E-state index is 0. The fraction of sp³-hybridized carbons (Fsp3) is 0.647. The fourth-order valence-corrected chi connectivity index (χ4v) is 3.43. The third kappa shape index (κ3) is 5.36. The van der Waals surface area contributed by atoms with Gasteiger partial charge in [0.05, 0.1) is 0 Å². The molecule has 1 aromatic rings. The molecule has 2 saturated heterocycles. The van der Waals surface area contributed by atoms with Crippen LogP contribution in [0.25, 0.3) is 0 Å². The van der Waals surface area contributed by atoms with Gasteiger partial charge in [0.15, 0.2) is 0 Å². The molecule has 1 N–H and O–H groups in total. The van der Waals surface area contributed by atoms with E-state index in [-0.39, 0.29) is 24.8 Å². The minimum absolute atomic E-state index is 0. The van der Waals surface area contributed by atoms with Gasteiger partial charge >= 0.3 is 0 Å². The molecule has 2 heterocycles. The van der Waals surface area contributed by atoms with E-state index in [4.69, 9.17) is 0 Å². The van der Waals surface area contributed by atoms with Crippen molar-refractivity contribution >= 4 is 30.5 Å². The van der Waals surface area contributed by atoms with Crippen LogP contribution in [0.3, 0.4) is 0 Å². The van der Waals surface area contributed by atoms with Crippen LogP contribution in [0.2, 0.25) is 0 Å². The van der Waals surface area contributed by atoms with Gasteiger partial charge in [-0.2, -0.15) is 0 Å². The number of nitrogens with zero attached hydrogens (tertiary/aromatic N) is 1. The topological polar surface area (TPSA) is 15.3 Å². The maximum atomic E-state index is 3.51. The predicted molar refractivity (Wildman–Crippen MR) is 96.3 cm³/mol. The van der Waals surface area contributed by atoms with E-state index in [1.54, 1.807) is 0 Å². The van der Waals surface area contributed by atoms with Crippen molar-refractivity contribution in [2.45, 2.75) is 38.5 Å². The summed E-state index contributed by atoms with van der Waals surface area (Å²) in [6.07, 6.45) is 8.10. The summed E-state index contributed by atoms with van der Waals surface area (Å²) in [7, 11) is 0. The quantitative estimate of drug-likeness (QED) is 0.898. The van der Waals surface area contributed by atoms with Crippen molar-refractivity contribution in [3.63, 3.8) is 0 Å². The molecule has 21 heavy (non-hydrogen) atoms. The standard InChI is InChI=1S/C17H26N2.2ClH/c1-2-11-19(12-3-1)17-8-6-15(7-9-17)13-16-5-4-10-18-14-16;;/h6-9,16,18H,1-5,10-14H2;2*1H. The summed E-state index contributed by atoms with van der Waals surface area (Å²) >= 11 is 0. The second-order valence-electron chi connectivity index (χ2n) is 6.13. The summed E-state index contributed by atoms with van der Waals surface area (Å²) < 4.78 is 0. The molecular formula is C17H28Cl2N2. The van der Waals surface area contributed by atoms with Gasteiger partial charge in [0.25, 0.3) is 0 Å². The van der Waals surface area contributed by atoms with Crippen LogP contribution in [0.1, 0.15) is 37.7 Å². The number of benzene rings is 1.